The lowest BCUT2D eigenvalue weighted by Gasteiger charge is -2.34. The van der Waals surface area contributed by atoms with E-state index in [4.69, 9.17) is 0 Å². The first kappa shape index (κ1) is 20.1. The summed E-state index contributed by atoms with van der Waals surface area (Å²) in [6.45, 7) is 7.90. The number of carbonyl (C=O) groups is 2. The molecule has 0 spiro atoms. The maximum absolute atomic E-state index is 12.7. The Morgan fingerprint density at radius 3 is 2.21 bits per heavy atom. The molecule has 1 heterocycles. The molecule has 0 unspecified atom stereocenters. The zero-order valence-corrected chi connectivity index (χ0v) is 17.0. The molecule has 0 aromatic heterocycles. The van der Waals surface area contributed by atoms with Crippen molar-refractivity contribution in [3.8, 4) is 0 Å². The van der Waals surface area contributed by atoms with Gasteiger partial charge in [-0.15, -0.1) is 0 Å². The Bertz CT molecular complexity index is 796. The highest BCUT2D eigenvalue weighted by Gasteiger charge is 2.25. The smallest absolute Gasteiger partial charge is 0.278 e. The fraction of sp³-hybridized carbons (Fsp3) is 0.391. The van der Waals surface area contributed by atoms with Gasteiger partial charge in [-0.3, -0.25) is 9.59 Å². The lowest BCUT2D eigenvalue weighted by Crippen LogP contribution is -3.15. The minimum absolute atomic E-state index is 0.0779. The highest BCUT2D eigenvalue weighted by Crippen LogP contribution is 2.18. The molecule has 2 aromatic carbocycles. The van der Waals surface area contributed by atoms with E-state index in [-0.39, 0.29) is 17.7 Å². The predicted octanol–water partition coefficient (Wildman–Crippen LogP) is 1.81. The number of amides is 1. The van der Waals surface area contributed by atoms with Crippen molar-refractivity contribution < 1.29 is 14.5 Å². The molecule has 0 saturated carbocycles. The summed E-state index contributed by atoms with van der Waals surface area (Å²) >= 11 is 0. The molecule has 0 aliphatic carbocycles. The van der Waals surface area contributed by atoms with E-state index < -0.39 is 0 Å². The van der Waals surface area contributed by atoms with Crippen LogP contribution in [0.15, 0.2) is 54.6 Å². The second-order valence-electron chi connectivity index (χ2n) is 7.61. The summed E-state index contributed by atoms with van der Waals surface area (Å²) in [6.07, 6.45) is 0. The molecule has 28 heavy (non-hydrogen) atoms. The number of rotatable bonds is 6. The first-order valence-corrected chi connectivity index (χ1v) is 9.96. The molecule has 148 valence electrons. The molecule has 1 amide bonds. The zero-order valence-electron chi connectivity index (χ0n) is 17.0. The van der Waals surface area contributed by atoms with E-state index in [2.05, 4.69) is 24.0 Å². The molecule has 1 N–H and O–H groups in total. The van der Waals surface area contributed by atoms with Crippen LogP contribution in [-0.2, 0) is 4.79 Å². The van der Waals surface area contributed by atoms with Crippen molar-refractivity contribution in [3.05, 3.63) is 65.7 Å². The highest BCUT2D eigenvalue weighted by molar-refractivity contribution is 5.94. The van der Waals surface area contributed by atoms with Crippen molar-refractivity contribution in [2.75, 3.05) is 44.7 Å². The number of quaternary nitrogens is 1. The Morgan fingerprint density at radius 2 is 1.64 bits per heavy atom. The summed E-state index contributed by atoms with van der Waals surface area (Å²) in [6, 6.07) is 18.0. The van der Waals surface area contributed by atoms with Gasteiger partial charge in [0.2, 0.25) is 0 Å². The number of hydrogen-bond donors (Lipinski definition) is 1. The Kier molecular flexibility index (Phi) is 6.47. The Balaban J connectivity index is 1.51. The molecule has 1 atom stereocenters. The highest BCUT2D eigenvalue weighted by atomic mass is 16.2. The number of ketones is 1. The van der Waals surface area contributed by atoms with Crippen molar-refractivity contribution in [1.82, 2.24) is 4.90 Å². The van der Waals surface area contributed by atoms with Gasteiger partial charge in [0.25, 0.3) is 5.91 Å². The van der Waals surface area contributed by atoms with Crippen LogP contribution in [0.1, 0.15) is 35.8 Å². The van der Waals surface area contributed by atoms with Gasteiger partial charge in [-0.2, -0.15) is 0 Å². The van der Waals surface area contributed by atoms with Gasteiger partial charge in [0, 0.05) is 18.3 Å². The van der Waals surface area contributed by atoms with Gasteiger partial charge < -0.3 is 14.7 Å². The summed E-state index contributed by atoms with van der Waals surface area (Å²) in [5.41, 5.74) is 3.05. The van der Waals surface area contributed by atoms with Crippen LogP contribution < -0.4 is 9.80 Å². The number of likely N-dealkylation sites (N-methyl/N-ethyl adjacent to an activating group) is 1. The molecule has 1 aliphatic heterocycles. The normalized spacial score (nSPS) is 15.9. The molecular weight excluding hydrogens is 350 g/mol. The number of piperazine rings is 1. The number of benzene rings is 2. The molecular formula is C23H30N3O2+. The number of Topliss-reactive ketones (excluding diaryl/α,β-unsaturated/α-hetero) is 1. The molecule has 2 aromatic rings. The molecule has 0 radical (unpaired) electrons. The van der Waals surface area contributed by atoms with Gasteiger partial charge in [-0.05, 0) is 43.7 Å². The number of hydrogen-bond acceptors (Lipinski definition) is 3. The van der Waals surface area contributed by atoms with Crippen LogP contribution in [0.25, 0.3) is 0 Å². The minimum atomic E-state index is 0.0779. The molecule has 5 nitrogen and oxygen atoms in total. The first-order chi connectivity index (χ1) is 13.5. The van der Waals surface area contributed by atoms with E-state index >= 15 is 0 Å². The predicted molar refractivity (Wildman–Crippen MR) is 112 cm³/mol. The average Bonchev–Trinajstić information content (AvgIpc) is 2.74. The van der Waals surface area contributed by atoms with Gasteiger partial charge >= 0.3 is 0 Å². The summed E-state index contributed by atoms with van der Waals surface area (Å²) in [7, 11) is 1.90. The van der Waals surface area contributed by atoms with Crippen LogP contribution in [0.2, 0.25) is 0 Å². The number of nitrogens with one attached hydrogen (secondary N) is 1. The summed E-state index contributed by atoms with van der Waals surface area (Å²) in [5.74, 6) is 0.277. The number of carbonyl (C=O) groups excluding carboxylic acids is 2. The fourth-order valence-electron chi connectivity index (χ4n) is 3.67. The van der Waals surface area contributed by atoms with E-state index in [0.717, 1.165) is 43.0 Å². The van der Waals surface area contributed by atoms with Crippen molar-refractivity contribution >= 4 is 17.4 Å². The van der Waals surface area contributed by atoms with Crippen LogP contribution >= 0.6 is 0 Å². The van der Waals surface area contributed by atoms with Crippen molar-refractivity contribution in [2.24, 2.45) is 0 Å². The number of anilines is 1. The molecule has 1 aliphatic rings. The first-order valence-electron chi connectivity index (χ1n) is 9.96. The quantitative estimate of drug-likeness (QED) is 0.778. The van der Waals surface area contributed by atoms with E-state index in [0.29, 0.717) is 6.54 Å². The lowest BCUT2D eigenvalue weighted by molar-refractivity contribution is -0.892. The number of nitrogens with zero attached hydrogens (tertiary/aromatic N) is 2. The minimum Gasteiger partial charge on any atom is -0.360 e. The molecule has 3 rings (SSSR count). The summed E-state index contributed by atoms with van der Waals surface area (Å²) < 4.78 is 0. The van der Waals surface area contributed by atoms with Gasteiger partial charge in [0.15, 0.2) is 12.3 Å². The summed E-state index contributed by atoms with van der Waals surface area (Å²) in [5, 5.41) is 0. The fourth-order valence-corrected chi connectivity index (χ4v) is 3.67. The lowest BCUT2D eigenvalue weighted by atomic mass is 10.1. The largest absolute Gasteiger partial charge is 0.360 e. The second kappa shape index (κ2) is 9.02. The average molecular weight is 381 g/mol. The molecule has 1 saturated heterocycles. The SMILES string of the molecule is CC(=O)c1ccc(N2CC[NH+](CC(=O)N(C)[C@@H](C)c3ccccc3)CC2)cc1. The van der Waals surface area contributed by atoms with Crippen LogP contribution in [0, 0.1) is 0 Å². The molecule has 5 heteroatoms. The van der Waals surface area contributed by atoms with Crippen LogP contribution in [0.4, 0.5) is 5.69 Å². The monoisotopic (exact) mass is 380 g/mol. The Labute approximate surface area is 167 Å². The Hall–Kier alpha value is -2.66. The Morgan fingerprint density at radius 1 is 1.04 bits per heavy atom. The van der Waals surface area contributed by atoms with Gasteiger partial charge in [0.05, 0.1) is 32.2 Å². The third-order valence-electron chi connectivity index (χ3n) is 5.77. The van der Waals surface area contributed by atoms with Crippen LogP contribution in [-0.4, -0.2) is 56.4 Å². The second-order valence-corrected chi connectivity index (χ2v) is 7.61. The van der Waals surface area contributed by atoms with E-state index in [1.165, 1.54) is 4.90 Å². The molecule has 1 fully saturated rings. The van der Waals surface area contributed by atoms with Crippen LogP contribution in [0.5, 0.6) is 0 Å². The third-order valence-corrected chi connectivity index (χ3v) is 5.77. The topological polar surface area (TPSA) is 45.1 Å². The van der Waals surface area contributed by atoms with Gasteiger partial charge in [-0.1, -0.05) is 30.3 Å². The third kappa shape index (κ3) is 4.78. The van der Waals surface area contributed by atoms with Crippen molar-refractivity contribution in [2.45, 2.75) is 19.9 Å². The van der Waals surface area contributed by atoms with Crippen molar-refractivity contribution in [3.63, 3.8) is 0 Å². The van der Waals surface area contributed by atoms with Crippen molar-refractivity contribution in [1.29, 1.82) is 0 Å². The molecule has 0 bridgehead atoms. The van der Waals surface area contributed by atoms with Gasteiger partial charge in [-0.25, -0.2) is 0 Å². The van der Waals surface area contributed by atoms with Crippen LogP contribution in [0.3, 0.4) is 0 Å². The zero-order chi connectivity index (χ0) is 20.1. The maximum Gasteiger partial charge on any atom is 0.278 e. The van der Waals surface area contributed by atoms with E-state index in [1.807, 2.05) is 54.4 Å². The maximum atomic E-state index is 12.7. The summed E-state index contributed by atoms with van der Waals surface area (Å²) in [4.78, 5) is 29.7. The van der Waals surface area contributed by atoms with E-state index in [9.17, 15) is 9.59 Å². The van der Waals surface area contributed by atoms with Gasteiger partial charge in [0.1, 0.15) is 0 Å². The van der Waals surface area contributed by atoms with E-state index in [1.54, 1.807) is 6.92 Å². The standard InChI is InChI=1S/C23H29N3O2/c1-18(20-7-5-4-6-8-20)24(3)23(28)17-25-13-15-26(16-14-25)22-11-9-21(10-12-22)19(2)27/h4-12,18H,13-17H2,1-3H3/p+1/t18-/m0/s1.